The number of oxime groups is 1. The molecule has 1 N–H and O–H groups in total. The molecule has 0 aliphatic heterocycles. The van der Waals surface area contributed by atoms with Gasteiger partial charge in [0.1, 0.15) is 18.1 Å². The van der Waals surface area contributed by atoms with Crippen LogP contribution in [0.5, 0.6) is 11.5 Å². The minimum absolute atomic E-state index is 0.195. The van der Waals surface area contributed by atoms with Crippen LogP contribution >= 0.6 is 15.9 Å². The lowest BCUT2D eigenvalue weighted by Gasteiger charge is -2.11. The van der Waals surface area contributed by atoms with Gasteiger partial charge in [-0.15, -0.1) is 0 Å². The molecule has 0 saturated heterocycles. The van der Waals surface area contributed by atoms with Crippen molar-refractivity contribution in [2.24, 2.45) is 5.16 Å². The van der Waals surface area contributed by atoms with E-state index in [2.05, 4.69) is 21.1 Å². The average molecular weight is 378 g/mol. The number of ether oxygens (including phenoxy) is 1. The largest absolute Gasteiger partial charge is 0.476 e. The number of rotatable bonds is 7. The lowest BCUT2D eigenvalue weighted by atomic mass is 10.1. The number of para-hydroxylation sites is 1. The molecule has 5 nitrogen and oxygen atoms in total. The van der Waals surface area contributed by atoms with Crippen molar-refractivity contribution in [3.8, 4) is 11.5 Å². The van der Waals surface area contributed by atoms with E-state index >= 15 is 0 Å². The van der Waals surface area contributed by atoms with Gasteiger partial charge in [-0.25, -0.2) is 4.79 Å². The van der Waals surface area contributed by atoms with Crippen molar-refractivity contribution < 1.29 is 19.5 Å². The summed E-state index contributed by atoms with van der Waals surface area (Å²) in [5.74, 6) is -0.153. The molecule has 0 aromatic heterocycles. The van der Waals surface area contributed by atoms with E-state index in [0.717, 1.165) is 5.56 Å². The highest BCUT2D eigenvalue weighted by molar-refractivity contribution is 9.08. The van der Waals surface area contributed by atoms with E-state index in [4.69, 9.17) is 9.57 Å². The molecule has 2 aromatic carbocycles. The lowest BCUT2D eigenvalue weighted by Crippen LogP contribution is -2.16. The zero-order chi connectivity index (χ0) is 16.7. The smallest absolute Gasteiger partial charge is 0.358 e. The van der Waals surface area contributed by atoms with Gasteiger partial charge in [-0.2, -0.15) is 0 Å². The second-order valence-electron chi connectivity index (χ2n) is 4.54. The van der Waals surface area contributed by atoms with E-state index in [0.29, 0.717) is 22.4 Å². The van der Waals surface area contributed by atoms with Crippen LogP contribution < -0.4 is 4.74 Å². The van der Waals surface area contributed by atoms with Crippen LogP contribution in [0.1, 0.15) is 18.1 Å². The topological polar surface area (TPSA) is 68.1 Å². The fourth-order valence-corrected chi connectivity index (χ4v) is 2.25. The molecule has 0 unspecified atom stereocenters. The zero-order valence-corrected chi connectivity index (χ0v) is 14.1. The van der Waals surface area contributed by atoms with Gasteiger partial charge in [-0.3, -0.25) is 0 Å². The normalized spacial score (nSPS) is 11.1. The summed E-state index contributed by atoms with van der Waals surface area (Å²) >= 11 is 3.39. The van der Waals surface area contributed by atoms with Crippen LogP contribution in [0.15, 0.2) is 53.7 Å². The molecule has 0 bridgehead atoms. The molecule has 23 heavy (non-hydrogen) atoms. The molecule has 0 saturated carbocycles. The van der Waals surface area contributed by atoms with E-state index in [-0.39, 0.29) is 12.3 Å². The number of nitrogens with zero attached hydrogens (tertiary/aromatic N) is 1. The van der Waals surface area contributed by atoms with Crippen LogP contribution in [-0.2, 0) is 15.0 Å². The van der Waals surface area contributed by atoms with Crippen LogP contribution in [-0.4, -0.2) is 23.4 Å². The molecule has 2 aromatic rings. The molecule has 0 amide bonds. The standard InChI is InChI=1S/C17H16BrNO4/c1-2-22-19-16(17(20)21)14-8-3-4-9-15(14)23-13-7-5-6-12(10-13)11-18/h3-10H,2,11H2,1H3,(H,20,21). The molecule has 0 fully saturated rings. The molecule has 120 valence electrons. The third-order valence-corrected chi connectivity index (χ3v) is 3.56. The first-order valence-electron chi connectivity index (χ1n) is 7.01. The van der Waals surface area contributed by atoms with Crippen molar-refractivity contribution in [3.05, 3.63) is 59.7 Å². The molecule has 0 heterocycles. The van der Waals surface area contributed by atoms with Gasteiger partial charge < -0.3 is 14.7 Å². The molecule has 0 atom stereocenters. The van der Waals surface area contributed by atoms with Crippen molar-refractivity contribution in [3.63, 3.8) is 0 Å². The minimum Gasteiger partial charge on any atom is -0.476 e. The summed E-state index contributed by atoms with van der Waals surface area (Å²) < 4.78 is 5.84. The summed E-state index contributed by atoms with van der Waals surface area (Å²) in [6.07, 6.45) is 0. The molecule has 0 spiro atoms. The van der Waals surface area contributed by atoms with Crippen LogP contribution in [0.4, 0.5) is 0 Å². The summed E-state index contributed by atoms with van der Waals surface area (Å²) in [7, 11) is 0. The van der Waals surface area contributed by atoms with Crippen molar-refractivity contribution in [2.75, 3.05) is 6.61 Å². The number of alkyl halides is 1. The predicted molar refractivity (Wildman–Crippen MR) is 91.4 cm³/mol. The van der Waals surface area contributed by atoms with Gasteiger partial charge in [-0.1, -0.05) is 45.4 Å². The predicted octanol–water partition coefficient (Wildman–Crippen LogP) is 4.20. The molecular weight excluding hydrogens is 362 g/mol. The molecule has 6 heteroatoms. The first-order chi connectivity index (χ1) is 11.2. The van der Waals surface area contributed by atoms with E-state index in [1.807, 2.05) is 24.3 Å². The summed E-state index contributed by atoms with van der Waals surface area (Å²) in [6, 6.07) is 14.4. The fourth-order valence-electron chi connectivity index (χ4n) is 1.90. The SMILES string of the molecule is CCON=C(C(=O)O)c1ccccc1Oc1cccc(CBr)c1. The Bertz CT molecular complexity index is 715. The number of aliphatic carboxylic acids is 1. The Morgan fingerprint density at radius 2 is 2.00 bits per heavy atom. The first kappa shape index (κ1) is 17.0. The van der Waals surface area contributed by atoms with Gasteiger partial charge in [0.05, 0.1) is 5.56 Å². The Morgan fingerprint density at radius 3 is 2.70 bits per heavy atom. The maximum absolute atomic E-state index is 11.4. The molecular formula is C17H16BrNO4. The van der Waals surface area contributed by atoms with Crippen LogP contribution in [0.3, 0.4) is 0 Å². The van der Waals surface area contributed by atoms with Crippen molar-refractivity contribution in [1.82, 2.24) is 0 Å². The summed E-state index contributed by atoms with van der Waals surface area (Å²) in [6.45, 7) is 2.02. The monoisotopic (exact) mass is 377 g/mol. The van der Waals surface area contributed by atoms with Gasteiger partial charge in [-0.05, 0) is 36.8 Å². The van der Waals surface area contributed by atoms with Crippen LogP contribution in [0.2, 0.25) is 0 Å². The Morgan fingerprint density at radius 1 is 1.22 bits per heavy atom. The van der Waals surface area contributed by atoms with Crippen LogP contribution in [0, 0.1) is 0 Å². The minimum atomic E-state index is -1.18. The number of carboxylic acids is 1. The lowest BCUT2D eigenvalue weighted by molar-refractivity contribution is -0.129. The second-order valence-corrected chi connectivity index (χ2v) is 5.10. The maximum atomic E-state index is 11.4. The van der Waals surface area contributed by atoms with Crippen molar-refractivity contribution in [1.29, 1.82) is 0 Å². The first-order valence-corrected chi connectivity index (χ1v) is 8.13. The number of hydrogen-bond acceptors (Lipinski definition) is 4. The van der Waals surface area contributed by atoms with Gasteiger partial charge in [0.15, 0.2) is 5.71 Å². The number of benzene rings is 2. The van der Waals surface area contributed by atoms with Gasteiger partial charge in [0.2, 0.25) is 0 Å². The van der Waals surface area contributed by atoms with E-state index in [9.17, 15) is 9.90 Å². The Hall–Kier alpha value is -2.34. The Labute approximate surface area is 142 Å². The molecule has 0 aliphatic rings. The van der Waals surface area contributed by atoms with Gasteiger partial charge in [0, 0.05) is 5.33 Å². The second kappa shape index (κ2) is 8.33. The van der Waals surface area contributed by atoms with Gasteiger partial charge in [0.25, 0.3) is 0 Å². The van der Waals surface area contributed by atoms with Gasteiger partial charge >= 0.3 is 5.97 Å². The number of halogens is 1. The molecule has 2 rings (SSSR count). The van der Waals surface area contributed by atoms with Crippen molar-refractivity contribution >= 4 is 27.6 Å². The summed E-state index contributed by atoms with van der Waals surface area (Å²) in [5.41, 5.74) is 1.22. The number of hydrogen-bond donors (Lipinski definition) is 1. The Kier molecular flexibility index (Phi) is 6.17. The highest BCUT2D eigenvalue weighted by Crippen LogP contribution is 2.27. The maximum Gasteiger partial charge on any atom is 0.358 e. The summed E-state index contributed by atoms with van der Waals surface area (Å²) in [4.78, 5) is 16.3. The highest BCUT2D eigenvalue weighted by atomic mass is 79.9. The summed E-state index contributed by atoms with van der Waals surface area (Å²) in [5, 5.41) is 13.7. The Balaban J connectivity index is 2.38. The van der Waals surface area contributed by atoms with E-state index in [1.165, 1.54) is 0 Å². The zero-order valence-electron chi connectivity index (χ0n) is 12.5. The third kappa shape index (κ3) is 4.56. The van der Waals surface area contributed by atoms with E-state index in [1.54, 1.807) is 31.2 Å². The molecule has 0 radical (unpaired) electrons. The quantitative estimate of drug-likeness (QED) is 0.446. The third-order valence-electron chi connectivity index (χ3n) is 2.91. The fraction of sp³-hybridized carbons (Fsp3) is 0.176. The molecule has 0 aliphatic carbocycles. The average Bonchev–Trinajstić information content (AvgIpc) is 2.56. The highest BCUT2D eigenvalue weighted by Gasteiger charge is 2.18. The van der Waals surface area contributed by atoms with Crippen LogP contribution in [0.25, 0.3) is 0 Å². The van der Waals surface area contributed by atoms with Crippen molar-refractivity contribution in [2.45, 2.75) is 12.3 Å². The number of carbonyl (C=O) groups is 1. The number of carboxylic acid groups (broad SMARTS) is 1. The van der Waals surface area contributed by atoms with E-state index < -0.39 is 5.97 Å².